The summed E-state index contributed by atoms with van der Waals surface area (Å²) in [7, 11) is 0. The fraction of sp³-hybridized carbons (Fsp3) is 0.471. The number of allylic oxidation sites excluding steroid dienone is 8. The number of amides is 1. The number of nitrogens with one attached hydrogen (secondary N) is 2. The highest BCUT2D eigenvalue weighted by Gasteiger charge is 2.19. The van der Waals surface area contributed by atoms with E-state index in [4.69, 9.17) is 4.98 Å². The topological polar surface area (TPSA) is 79.2 Å². The van der Waals surface area contributed by atoms with Gasteiger partial charge in [-0.25, -0.2) is 4.98 Å². The lowest BCUT2D eigenvalue weighted by Gasteiger charge is -2.19. The smallest absolute Gasteiger partial charge is 0.251 e. The van der Waals surface area contributed by atoms with E-state index < -0.39 is 0 Å². The van der Waals surface area contributed by atoms with E-state index in [1.54, 1.807) is 6.92 Å². The van der Waals surface area contributed by atoms with E-state index in [1.165, 1.54) is 31.3 Å². The Hall–Kier alpha value is -3.38. The predicted molar refractivity (Wildman–Crippen MR) is 171 cm³/mol. The molecule has 1 aromatic carbocycles. The zero-order chi connectivity index (χ0) is 29.5. The molecule has 1 aliphatic carbocycles. The largest absolute Gasteiger partial charge is 0.394 e. The summed E-state index contributed by atoms with van der Waals surface area (Å²) in [6, 6.07) is 5.63. The molecule has 1 aliphatic rings. The highest BCUT2D eigenvalue weighted by atomic mass is 16.3. The van der Waals surface area contributed by atoms with Crippen LogP contribution in [0.25, 0.3) is 11.0 Å². The zero-order valence-electron chi connectivity index (χ0n) is 25.5. The van der Waals surface area contributed by atoms with Gasteiger partial charge in [-0.1, -0.05) is 89.5 Å². The number of anilines is 1. The molecular formula is C34H50N4O2. The molecule has 6 heteroatoms. The Labute approximate surface area is 241 Å². The third kappa shape index (κ3) is 9.37. The second-order valence-corrected chi connectivity index (χ2v) is 10.2. The number of fused-ring (bicyclic) bond motifs is 1. The zero-order valence-corrected chi connectivity index (χ0v) is 25.5. The number of aromatic nitrogens is 2. The van der Waals surface area contributed by atoms with Gasteiger partial charge in [0.15, 0.2) is 0 Å². The number of carbonyl (C=O) groups excluding carboxylic acids is 1. The van der Waals surface area contributed by atoms with Crippen molar-refractivity contribution in [3.05, 3.63) is 83.5 Å². The molecule has 1 aromatic heterocycles. The monoisotopic (exact) mass is 546 g/mol. The molecule has 0 fully saturated rings. The maximum atomic E-state index is 12.7. The van der Waals surface area contributed by atoms with Crippen LogP contribution >= 0.6 is 0 Å². The highest BCUT2D eigenvalue weighted by molar-refractivity contribution is 5.98. The summed E-state index contributed by atoms with van der Waals surface area (Å²) in [5.41, 5.74) is 5.81. The number of imidazole rings is 1. The van der Waals surface area contributed by atoms with Gasteiger partial charge in [0.2, 0.25) is 5.95 Å². The number of rotatable bonds is 13. The summed E-state index contributed by atoms with van der Waals surface area (Å²) in [5, 5.41) is 15.7. The van der Waals surface area contributed by atoms with Crippen LogP contribution in [0.15, 0.2) is 78.0 Å². The lowest BCUT2D eigenvalue weighted by molar-refractivity contribution is 0.0922. The maximum Gasteiger partial charge on any atom is 0.251 e. The summed E-state index contributed by atoms with van der Waals surface area (Å²) in [5.74, 6) is 0.606. The van der Waals surface area contributed by atoms with Crippen molar-refractivity contribution in [3.8, 4) is 0 Å². The molecule has 2 atom stereocenters. The molecule has 1 heterocycles. The minimum absolute atomic E-state index is 0.101. The standard InChI is InChI=1S/C32H44N4O2.C2H6/c1-6-8-10-11-13-25(5)36-30-18-17-28(31(38)34-24(4)22-37)20-29(30)35-32(36)33-21-26-14-12-16-27(15-9-7-2)23(3)19-26;1-2/h7,9,12,14-18,20,24-25,37H,3,6,8,10-11,13,19,21-22H2,1-2,4-5H3,(H,33,35)(H,34,38);1-2H3/b9-7-,27-15-;. The van der Waals surface area contributed by atoms with Crippen molar-refractivity contribution in [2.75, 3.05) is 18.5 Å². The van der Waals surface area contributed by atoms with E-state index in [-0.39, 0.29) is 24.6 Å². The Morgan fingerprint density at radius 1 is 1.23 bits per heavy atom. The van der Waals surface area contributed by atoms with Gasteiger partial charge < -0.3 is 20.3 Å². The first-order chi connectivity index (χ1) is 19.4. The lowest BCUT2D eigenvalue weighted by Crippen LogP contribution is -2.34. The molecule has 3 N–H and O–H groups in total. The first-order valence-electron chi connectivity index (χ1n) is 14.9. The van der Waals surface area contributed by atoms with Crippen molar-refractivity contribution in [2.24, 2.45) is 0 Å². The Bertz CT molecular complexity index is 1230. The van der Waals surface area contributed by atoms with Crippen LogP contribution in [0.1, 0.15) is 96.5 Å². The summed E-state index contributed by atoms with van der Waals surface area (Å²) in [6.45, 7) is 17.1. The van der Waals surface area contributed by atoms with Crippen molar-refractivity contribution in [1.82, 2.24) is 14.9 Å². The number of benzene rings is 1. The molecule has 6 nitrogen and oxygen atoms in total. The molecule has 3 rings (SSSR count). The van der Waals surface area contributed by atoms with Crippen molar-refractivity contribution in [1.29, 1.82) is 0 Å². The second-order valence-electron chi connectivity index (χ2n) is 10.2. The van der Waals surface area contributed by atoms with Crippen LogP contribution in [0.3, 0.4) is 0 Å². The van der Waals surface area contributed by atoms with E-state index in [2.05, 4.69) is 59.9 Å². The average molecular weight is 547 g/mol. The van der Waals surface area contributed by atoms with Crippen molar-refractivity contribution in [3.63, 3.8) is 0 Å². The number of aliphatic hydroxyl groups excluding tert-OH is 1. The van der Waals surface area contributed by atoms with Crippen LogP contribution in [0.4, 0.5) is 5.95 Å². The Balaban J connectivity index is 0.00000274. The summed E-state index contributed by atoms with van der Waals surface area (Å²) >= 11 is 0. The third-order valence-electron chi connectivity index (χ3n) is 6.92. The van der Waals surface area contributed by atoms with Crippen LogP contribution in [0.2, 0.25) is 0 Å². The number of carbonyl (C=O) groups is 1. The Morgan fingerprint density at radius 3 is 2.70 bits per heavy atom. The fourth-order valence-electron chi connectivity index (χ4n) is 4.69. The molecule has 40 heavy (non-hydrogen) atoms. The summed E-state index contributed by atoms with van der Waals surface area (Å²) in [6.07, 6.45) is 19.2. The molecule has 0 aliphatic heterocycles. The minimum atomic E-state index is -0.305. The SMILES string of the molecule is C=C1CC(CNc2nc3cc(C(=O)NC(C)CO)ccc3n2C(C)CCCCCC)=CC=C/C1=C/C=C\C.CC. The molecular weight excluding hydrogens is 496 g/mol. The van der Waals surface area contributed by atoms with Crippen LogP contribution in [0, 0.1) is 0 Å². The van der Waals surface area contributed by atoms with E-state index in [9.17, 15) is 9.90 Å². The molecule has 0 spiro atoms. The predicted octanol–water partition coefficient (Wildman–Crippen LogP) is 8.06. The van der Waals surface area contributed by atoms with Crippen molar-refractivity contribution in [2.45, 2.75) is 92.2 Å². The Kier molecular flexibility index (Phi) is 14.2. The van der Waals surface area contributed by atoms with E-state index in [1.807, 2.05) is 51.1 Å². The first-order valence-corrected chi connectivity index (χ1v) is 14.9. The van der Waals surface area contributed by atoms with Crippen LogP contribution < -0.4 is 10.6 Å². The number of aliphatic hydroxyl groups is 1. The number of hydrogen-bond acceptors (Lipinski definition) is 4. The third-order valence-corrected chi connectivity index (χ3v) is 6.92. The van der Waals surface area contributed by atoms with Gasteiger partial charge in [0, 0.05) is 24.2 Å². The van der Waals surface area contributed by atoms with Gasteiger partial charge in [0.05, 0.1) is 17.6 Å². The minimum Gasteiger partial charge on any atom is -0.394 e. The molecule has 2 aromatic rings. The van der Waals surface area contributed by atoms with Gasteiger partial charge in [-0.3, -0.25) is 4.79 Å². The van der Waals surface area contributed by atoms with Crippen LogP contribution in [0.5, 0.6) is 0 Å². The molecule has 2 unspecified atom stereocenters. The lowest BCUT2D eigenvalue weighted by atomic mass is 10.0. The van der Waals surface area contributed by atoms with E-state index >= 15 is 0 Å². The fourth-order valence-corrected chi connectivity index (χ4v) is 4.69. The van der Waals surface area contributed by atoms with Gasteiger partial charge in [0.1, 0.15) is 0 Å². The van der Waals surface area contributed by atoms with Gasteiger partial charge in [-0.05, 0) is 68.5 Å². The molecule has 1 amide bonds. The average Bonchev–Trinajstić information content (AvgIpc) is 3.23. The quantitative estimate of drug-likeness (QED) is 0.222. The van der Waals surface area contributed by atoms with E-state index in [0.29, 0.717) is 12.1 Å². The van der Waals surface area contributed by atoms with Crippen molar-refractivity contribution >= 4 is 22.9 Å². The number of hydrogen-bond donors (Lipinski definition) is 3. The summed E-state index contributed by atoms with van der Waals surface area (Å²) in [4.78, 5) is 17.6. The molecule has 0 saturated carbocycles. The van der Waals surface area contributed by atoms with Gasteiger partial charge >= 0.3 is 0 Å². The molecule has 218 valence electrons. The van der Waals surface area contributed by atoms with Crippen LogP contribution in [-0.2, 0) is 0 Å². The molecule has 0 radical (unpaired) electrons. The van der Waals surface area contributed by atoms with Gasteiger partial charge in [-0.15, -0.1) is 0 Å². The Morgan fingerprint density at radius 2 is 2.00 bits per heavy atom. The number of nitrogens with zero attached hydrogens (tertiary/aromatic N) is 2. The first kappa shape index (κ1) is 32.8. The maximum absolute atomic E-state index is 12.7. The van der Waals surface area contributed by atoms with Gasteiger partial charge in [0.25, 0.3) is 5.91 Å². The second kappa shape index (κ2) is 17.3. The normalized spacial score (nSPS) is 15.9. The molecule has 0 bridgehead atoms. The molecule has 0 saturated heterocycles. The van der Waals surface area contributed by atoms with Crippen molar-refractivity contribution < 1.29 is 9.90 Å². The van der Waals surface area contributed by atoms with Gasteiger partial charge in [-0.2, -0.15) is 0 Å². The number of unbranched alkanes of at least 4 members (excludes halogenated alkanes) is 3. The highest BCUT2D eigenvalue weighted by Crippen LogP contribution is 2.29. The summed E-state index contributed by atoms with van der Waals surface area (Å²) < 4.78 is 2.28. The van der Waals surface area contributed by atoms with E-state index in [0.717, 1.165) is 41.0 Å². The van der Waals surface area contributed by atoms with Crippen LogP contribution in [-0.4, -0.2) is 39.8 Å².